The number of rotatable bonds is 47. The normalized spacial score (nSPS) is 12.7. The molecule has 0 unspecified atom stereocenters. The highest BCUT2D eigenvalue weighted by Gasteiger charge is 2.31. The average molecular weight is 1200 g/mol. The van der Waals surface area contributed by atoms with Crippen molar-refractivity contribution in [1.29, 1.82) is 0 Å². The number of benzene rings is 2. The van der Waals surface area contributed by atoms with E-state index < -0.39 is 41.3 Å². The summed E-state index contributed by atoms with van der Waals surface area (Å²) in [6.07, 6.45) is 16.7. The van der Waals surface area contributed by atoms with Crippen LogP contribution in [0.4, 0.5) is 4.79 Å². The van der Waals surface area contributed by atoms with E-state index in [2.05, 4.69) is 26.6 Å². The first-order valence-corrected chi connectivity index (χ1v) is 30.9. The molecule has 21 nitrogen and oxygen atoms in total. The number of ether oxygens (including phenoxy) is 7. The van der Waals surface area contributed by atoms with E-state index in [4.69, 9.17) is 33.2 Å². The van der Waals surface area contributed by atoms with Gasteiger partial charge in [0.15, 0.2) is 0 Å². The molecular formula is C64H101N5O16. The zero-order chi connectivity index (χ0) is 62.1. The van der Waals surface area contributed by atoms with E-state index in [-0.39, 0.29) is 127 Å². The number of nitrogens with one attached hydrogen (secondary N) is 5. The van der Waals surface area contributed by atoms with Crippen LogP contribution in [-0.4, -0.2) is 155 Å². The molecule has 2 atom stereocenters. The van der Waals surface area contributed by atoms with Crippen LogP contribution in [0.15, 0.2) is 48.5 Å². The Hall–Kier alpha value is -6.16. The first kappa shape index (κ1) is 73.1. The van der Waals surface area contributed by atoms with Gasteiger partial charge in [0.25, 0.3) is 0 Å². The van der Waals surface area contributed by atoms with Gasteiger partial charge in [-0.05, 0) is 102 Å². The van der Waals surface area contributed by atoms with Gasteiger partial charge in [0.05, 0.1) is 39.6 Å². The Morgan fingerprint density at radius 2 is 0.918 bits per heavy atom. The van der Waals surface area contributed by atoms with Gasteiger partial charge < -0.3 is 64.8 Å². The summed E-state index contributed by atoms with van der Waals surface area (Å²) in [6.45, 7) is 12.5. The van der Waals surface area contributed by atoms with Gasteiger partial charge in [-0.2, -0.15) is 0 Å². The fraction of sp³-hybridized carbons (Fsp3) is 0.688. The molecule has 0 saturated heterocycles. The lowest BCUT2D eigenvalue weighted by Crippen LogP contribution is -2.44. The van der Waals surface area contributed by atoms with Gasteiger partial charge in [-0.15, -0.1) is 0 Å². The lowest BCUT2D eigenvalue weighted by atomic mass is 9.98. The molecule has 0 saturated carbocycles. The van der Waals surface area contributed by atoms with Gasteiger partial charge in [0, 0.05) is 44.8 Å². The number of fused-ring (bicyclic) bond motifs is 3. The molecular weight excluding hydrogens is 1090 g/mol. The average Bonchev–Trinajstić information content (AvgIpc) is 3.59. The van der Waals surface area contributed by atoms with E-state index in [1.807, 2.05) is 69.3 Å². The largest absolute Gasteiger partial charge is 0.480 e. The Morgan fingerprint density at radius 1 is 0.459 bits per heavy atom. The Morgan fingerprint density at radius 3 is 1.42 bits per heavy atom. The minimum absolute atomic E-state index is 0.00203. The minimum atomic E-state index is -1.18. The lowest BCUT2D eigenvalue weighted by molar-refractivity contribution is -0.159. The van der Waals surface area contributed by atoms with E-state index in [1.54, 1.807) is 20.8 Å². The van der Waals surface area contributed by atoms with Crippen LogP contribution >= 0.6 is 0 Å². The molecule has 0 bridgehead atoms. The van der Waals surface area contributed by atoms with Crippen LogP contribution in [0, 0.1) is 0 Å². The van der Waals surface area contributed by atoms with Gasteiger partial charge in [-0.25, -0.2) is 14.4 Å². The summed E-state index contributed by atoms with van der Waals surface area (Å²) in [5, 5.41) is 23.1. The third-order valence-electron chi connectivity index (χ3n) is 13.7. The van der Waals surface area contributed by atoms with Crippen LogP contribution in [0.2, 0.25) is 0 Å². The molecule has 0 aliphatic heterocycles. The number of carboxylic acids is 1. The maximum absolute atomic E-state index is 13.0. The summed E-state index contributed by atoms with van der Waals surface area (Å²) in [5.74, 6) is -3.24. The molecule has 0 spiro atoms. The molecule has 1 aliphatic rings. The SMILES string of the molecule is CC(C)(C)OC(=O)CCCCCCCCCCCCCCCCC(=O)N[C@H](CCC(=O)NCCOCCOCC(=O)NCCOCCOCC(=O)NCCCC[C@@H](NC(=O)OCC1c2ccccc2-c2ccccc21)C(=O)O)C(=O)OC(C)(C)C. The van der Waals surface area contributed by atoms with Gasteiger partial charge in [-0.1, -0.05) is 126 Å². The summed E-state index contributed by atoms with van der Waals surface area (Å²) >= 11 is 0. The molecule has 478 valence electrons. The number of carboxylic acid groups (broad SMARTS) is 1. The minimum Gasteiger partial charge on any atom is -0.480 e. The molecule has 2 aromatic rings. The standard InChI is InChI=1S/C64H101N5O16/c1-63(2,3)84-59(74)33-20-18-16-14-12-10-8-7-9-11-13-15-17-19-32-56(71)68-54(61(77)85-64(4,5)6)34-35-55(70)66-37-39-79-41-44-82-47-58(73)67-38-40-80-42-43-81-46-57(72)65-36-26-25-31-53(60(75)76)69-62(78)83-45-52-50-29-23-21-27-48(50)49-28-22-24-30-51(49)52/h21-24,27-30,52-54H,7-20,25-26,31-47H2,1-6H3,(H,65,72)(H,66,70)(H,67,73)(H,68,71)(H,69,78)(H,75,76)/t53-,54-/m1/s1. The van der Waals surface area contributed by atoms with Crippen molar-refractivity contribution < 1.29 is 76.6 Å². The van der Waals surface area contributed by atoms with E-state index in [0.717, 1.165) is 67.2 Å². The number of carbonyl (C=O) groups is 8. The smallest absolute Gasteiger partial charge is 0.407 e. The predicted octanol–water partition coefficient (Wildman–Crippen LogP) is 8.75. The Kier molecular flexibility index (Phi) is 36.7. The fourth-order valence-corrected chi connectivity index (χ4v) is 9.46. The fourth-order valence-electron chi connectivity index (χ4n) is 9.46. The maximum Gasteiger partial charge on any atom is 0.407 e. The quantitative estimate of drug-likeness (QED) is 0.0205. The Balaban J connectivity index is 1.09. The van der Waals surface area contributed by atoms with Crippen LogP contribution < -0.4 is 26.6 Å². The first-order valence-electron chi connectivity index (χ1n) is 30.9. The third kappa shape index (κ3) is 35.2. The highest BCUT2D eigenvalue weighted by molar-refractivity contribution is 5.86. The number of hydrogen-bond acceptors (Lipinski definition) is 15. The lowest BCUT2D eigenvalue weighted by Gasteiger charge is -2.24. The molecule has 0 fully saturated rings. The monoisotopic (exact) mass is 1200 g/mol. The van der Waals surface area contributed by atoms with Crippen molar-refractivity contribution in [3.05, 3.63) is 59.7 Å². The zero-order valence-electron chi connectivity index (χ0n) is 51.8. The van der Waals surface area contributed by atoms with Crippen LogP contribution in [-0.2, 0) is 66.7 Å². The Labute approximate surface area is 504 Å². The number of esters is 2. The highest BCUT2D eigenvalue weighted by atomic mass is 16.6. The molecule has 6 N–H and O–H groups in total. The van der Waals surface area contributed by atoms with Crippen LogP contribution in [0.25, 0.3) is 11.1 Å². The highest BCUT2D eigenvalue weighted by Crippen LogP contribution is 2.44. The summed E-state index contributed by atoms with van der Waals surface area (Å²) in [4.78, 5) is 99.1. The van der Waals surface area contributed by atoms with Crippen molar-refractivity contribution >= 4 is 47.6 Å². The van der Waals surface area contributed by atoms with E-state index in [1.165, 1.54) is 44.9 Å². The first-order chi connectivity index (χ1) is 40.7. The molecule has 21 heteroatoms. The summed E-state index contributed by atoms with van der Waals surface area (Å²) in [6, 6.07) is 13.8. The molecule has 5 amide bonds. The number of hydrogen-bond donors (Lipinski definition) is 6. The van der Waals surface area contributed by atoms with Crippen molar-refractivity contribution in [3.63, 3.8) is 0 Å². The van der Waals surface area contributed by atoms with Gasteiger partial charge in [0.1, 0.15) is 43.1 Å². The zero-order valence-corrected chi connectivity index (χ0v) is 51.8. The van der Waals surface area contributed by atoms with Gasteiger partial charge >= 0.3 is 24.0 Å². The summed E-state index contributed by atoms with van der Waals surface area (Å²) < 4.78 is 38.1. The second kappa shape index (κ2) is 42.6. The molecule has 0 heterocycles. The maximum atomic E-state index is 13.0. The topological polar surface area (TPSA) is 282 Å². The van der Waals surface area contributed by atoms with Crippen molar-refractivity contribution in [2.75, 3.05) is 79.1 Å². The molecule has 85 heavy (non-hydrogen) atoms. The summed E-state index contributed by atoms with van der Waals surface area (Å²) in [5.41, 5.74) is 3.11. The summed E-state index contributed by atoms with van der Waals surface area (Å²) in [7, 11) is 0. The van der Waals surface area contributed by atoms with Gasteiger partial charge in [-0.3, -0.25) is 24.0 Å². The number of amides is 5. The van der Waals surface area contributed by atoms with Crippen molar-refractivity contribution in [3.8, 4) is 11.1 Å². The second-order valence-electron chi connectivity index (χ2n) is 23.5. The second-order valence-corrected chi connectivity index (χ2v) is 23.5. The molecule has 3 rings (SSSR count). The van der Waals surface area contributed by atoms with E-state index >= 15 is 0 Å². The molecule has 2 aromatic carbocycles. The van der Waals surface area contributed by atoms with Crippen LogP contribution in [0.1, 0.15) is 193 Å². The number of unbranched alkanes of at least 4 members (excludes halogenated alkanes) is 14. The number of aliphatic carboxylic acids is 1. The molecule has 0 radical (unpaired) electrons. The van der Waals surface area contributed by atoms with Crippen LogP contribution in [0.3, 0.4) is 0 Å². The van der Waals surface area contributed by atoms with Crippen molar-refractivity contribution in [2.24, 2.45) is 0 Å². The number of carbonyl (C=O) groups excluding carboxylic acids is 7. The van der Waals surface area contributed by atoms with Crippen molar-refractivity contribution in [1.82, 2.24) is 26.6 Å². The number of alkyl carbamates (subject to hydrolysis) is 1. The third-order valence-corrected chi connectivity index (χ3v) is 13.7. The Bertz CT molecular complexity index is 2260. The van der Waals surface area contributed by atoms with E-state index in [9.17, 15) is 43.5 Å². The van der Waals surface area contributed by atoms with Crippen molar-refractivity contribution in [2.45, 2.75) is 206 Å². The predicted molar refractivity (Wildman–Crippen MR) is 323 cm³/mol. The van der Waals surface area contributed by atoms with Crippen LogP contribution in [0.5, 0.6) is 0 Å². The van der Waals surface area contributed by atoms with Gasteiger partial charge in [0.2, 0.25) is 23.6 Å². The van der Waals surface area contributed by atoms with E-state index in [0.29, 0.717) is 32.2 Å². The molecule has 1 aliphatic carbocycles. The molecule has 0 aromatic heterocycles.